The molecule has 1 aromatic heterocycles. The van der Waals surface area contributed by atoms with Crippen LogP contribution in [0.3, 0.4) is 0 Å². The van der Waals surface area contributed by atoms with Gasteiger partial charge in [0, 0.05) is 21.4 Å². The molecule has 2 aliphatic heterocycles. The van der Waals surface area contributed by atoms with Gasteiger partial charge >= 0.3 is 10.8 Å². The Morgan fingerprint density at radius 2 is 1.89 bits per heavy atom. The SMILES string of the molecule is Cc1ccc(COc2ccc(Cl)cc2[C@@H]2c3sc(=O)[nH]c3SC3C(=O)N(CC(=O)O)C(=O)C32)cc1. The smallest absolute Gasteiger partial charge is 0.323 e. The van der Waals surface area contributed by atoms with Gasteiger partial charge in [0.1, 0.15) is 24.2 Å². The molecule has 0 aliphatic carbocycles. The van der Waals surface area contributed by atoms with Crippen LogP contribution in [0, 0.1) is 12.8 Å². The topological polar surface area (TPSA) is 117 Å². The second kappa shape index (κ2) is 9.18. The quantitative estimate of drug-likeness (QED) is 0.467. The van der Waals surface area contributed by atoms with Crippen LogP contribution in [-0.4, -0.2) is 44.6 Å². The summed E-state index contributed by atoms with van der Waals surface area (Å²) in [6.45, 7) is 1.54. The summed E-state index contributed by atoms with van der Waals surface area (Å²) in [6, 6.07) is 12.9. The number of carboxylic acid groups (broad SMARTS) is 1. The average Bonchev–Trinajstić information content (AvgIpc) is 3.29. The van der Waals surface area contributed by atoms with Crippen molar-refractivity contribution in [1.82, 2.24) is 9.88 Å². The standard InChI is InChI=1S/C24H19ClN2O6S2/c1-11-2-4-12(5-3-11)10-33-15-7-6-13(25)8-14(15)17-18-20(34-21-19(17)35-24(32)26-21)23(31)27(22(18)30)9-16(28)29/h2-8,17-18,20H,9-10H2,1H3,(H,26,32)(H,28,29)/t17-,18?,20?/m0/s1. The van der Waals surface area contributed by atoms with Crippen molar-refractivity contribution in [3.05, 3.63) is 78.7 Å². The van der Waals surface area contributed by atoms with Crippen LogP contribution in [-0.2, 0) is 21.0 Å². The van der Waals surface area contributed by atoms with Crippen molar-refractivity contribution in [3.63, 3.8) is 0 Å². The van der Waals surface area contributed by atoms with Gasteiger partial charge in [-0.3, -0.25) is 24.1 Å². The minimum atomic E-state index is -1.28. The fraction of sp³-hybridized carbons (Fsp3) is 0.250. The molecule has 2 N–H and O–H groups in total. The number of H-pyrrole nitrogens is 1. The molecule has 35 heavy (non-hydrogen) atoms. The summed E-state index contributed by atoms with van der Waals surface area (Å²) >= 11 is 8.39. The summed E-state index contributed by atoms with van der Waals surface area (Å²) in [5, 5.41) is 9.27. The van der Waals surface area contributed by atoms with Crippen LogP contribution in [0.4, 0.5) is 0 Å². The number of nitrogens with one attached hydrogen (secondary N) is 1. The fourth-order valence-corrected chi connectivity index (χ4v) is 7.15. The fourth-order valence-electron chi connectivity index (χ4n) is 4.44. The molecule has 2 aromatic carbocycles. The van der Waals surface area contributed by atoms with Crippen LogP contribution in [0.25, 0.3) is 0 Å². The van der Waals surface area contributed by atoms with E-state index in [0.717, 1.165) is 39.1 Å². The zero-order valence-electron chi connectivity index (χ0n) is 18.3. The van der Waals surface area contributed by atoms with Gasteiger partial charge in [0.15, 0.2) is 0 Å². The largest absolute Gasteiger partial charge is 0.489 e. The van der Waals surface area contributed by atoms with E-state index < -0.39 is 41.4 Å². The van der Waals surface area contributed by atoms with Crippen molar-refractivity contribution in [2.24, 2.45) is 5.92 Å². The Balaban J connectivity index is 1.58. The third-order valence-electron chi connectivity index (χ3n) is 6.03. The molecule has 11 heteroatoms. The normalized spacial score (nSPS) is 21.1. The molecule has 8 nitrogen and oxygen atoms in total. The minimum Gasteiger partial charge on any atom is -0.489 e. The molecular formula is C24H19ClN2O6S2. The molecule has 180 valence electrons. The number of carbonyl (C=O) groups is 3. The third kappa shape index (κ3) is 4.37. The maximum absolute atomic E-state index is 13.4. The molecule has 1 fully saturated rings. The van der Waals surface area contributed by atoms with E-state index in [0.29, 0.717) is 26.2 Å². The first kappa shape index (κ1) is 23.7. The Hall–Kier alpha value is -3.08. The number of ether oxygens (including phenoxy) is 1. The predicted molar refractivity (Wildman–Crippen MR) is 131 cm³/mol. The molecule has 0 bridgehead atoms. The van der Waals surface area contributed by atoms with Crippen molar-refractivity contribution in [2.45, 2.75) is 29.7 Å². The highest BCUT2D eigenvalue weighted by atomic mass is 35.5. The number of carbonyl (C=O) groups excluding carboxylic acids is 2. The predicted octanol–water partition coefficient (Wildman–Crippen LogP) is 3.65. The molecule has 3 aromatic rings. The van der Waals surface area contributed by atoms with Crippen molar-refractivity contribution in [3.8, 4) is 5.75 Å². The number of benzene rings is 2. The number of hydrogen-bond acceptors (Lipinski definition) is 7. The highest BCUT2D eigenvalue weighted by Crippen LogP contribution is 2.54. The first-order valence-electron chi connectivity index (χ1n) is 10.7. The molecular weight excluding hydrogens is 512 g/mol. The Morgan fingerprint density at radius 3 is 2.60 bits per heavy atom. The highest BCUT2D eigenvalue weighted by molar-refractivity contribution is 8.00. The number of aliphatic carboxylic acids is 1. The van der Waals surface area contributed by atoms with Crippen molar-refractivity contribution >= 4 is 52.5 Å². The number of fused-ring (bicyclic) bond motifs is 2. The number of rotatable bonds is 6. The molecule has 1 saturated heterocycles. The molecule has 2 amide bonds. The second-order valence-electron chi connectivity index (χ2n) is 8.36. The molecule has 5 rings (SSSR count). The lowest BCUT2D eigenvalue weighted by Gasteiger charge is -2.31. The summed E-state index contributed by atoms with van der Waals surface area (Å²) in [7, 11) is 0. The number of carboxylic acids is 1. The van der Waals surface area contributed by atoms with Crippen molar-refractivity contribution < 1.29 is 24.2 Å². The maximum atomic E-state index is 13.4. The number of imide groups is 1. The van der Waals surface area contributed by atoms with Crippen molar-refractivity contribution in [1.29, 1.82) is 0 Å². The first-order chi connectivity index (χ1) is 16.7. The van der Waals surface area contributed by atoms with Crippen LogP contribution in [0.2, 0.25) is 5.02 Å². The van der Waals surface area contributed by atoms with Crippen LogP contribution >= 0.6 is 34.7 Å². The maximum Gasteiger partial charge on any atom is 0.323 e. The monoisotopic (exact) mass is 530 g/mol. The van der Waals surface area contributed by atoms with Gasteiger partial charge in [-0.05, 0) is 30.7 Å². The first-order valence-corrected chi connectivity index (χ1v) is 12.7. The lowest BCUT2D eigenvalue weighted by atomic mass is 9.82. The van der Waals surface area contributed by atoms with Crippen LogP contribution in [0.5, 0.6) is 5.75 Å². The Labute approximate surface area is 212 Å². The van der Waals surface area contributed by atoms with E-state index in [2.05, 4.69) is 4.98 Å². The van der Waals surface area contributed by atoms with Crippen LogP contribution < -0.4 is 9.61 Å². The van der Waals surface area contributed by atoms with E-state index >= 15 is 0 Å². The van der Waals surface area contributed by atoms with Gasteiger partial charge in [-0.2, -0.15) is 0 Å². The van der Waals surface area contributed by atoms with Crippen LogP contribution in [0.1, 0.15) is 27.5 Å². The zero-order chi connectivity index (χ0) is 24.9. The van der Waals surface area contributed by atoms with Gasteiger partial charge < -0.3 is 14.8 Å². The average molecular weight is 531 g/mol. The molecule has 0 saturated carbocycles. The summed E-state index contributed by atoms with van der Waals surface area (Å²) in [5.41, 5.74) is 2.63. The van der Waals surface area contributed by atoms with Gasteiger partial charge in [0.05, 0.1) is 10.9 Å². The summed E-state index contributed by atoms with van der Waals surface area (Å²) in [6.07, 6.45) is 0. The number of likely N-dealkylation sites (tertiary alicyclic amines) is 1. The Bertz CT molecular complexity index is 1400. The Morgan fingerprint density at radius 1 is 1.14 bits per heavy atom. The number of thiazole rings is 1. The van der Waals surface area contributed by atoms with Gasteiger partial charge in [0.25, 0.3) is 0 Å². The molecule has 0 spiro atoms. The van der Waals surface area contributed by atoms with E-state index in [1.165, 1.54) is 0 Å². The molecule has 0 radical (unpaired) electrons. The molecule has 3 heterocycles. The van der Waals surface area contributed by atoms with Gasteiger partial charge in [-0.1, -0.05) is 64.5 Å². The van der Waals surface area contributed by atoms with E-state index in [9.17, 15) is 24.3 Å². The third-order valence-corrected chi connectivity index (χ3v) is 8.67. The molecule has 2 unspecified atom stereocenters. The number of hydrogen-bond donors (Lipinski definition) is 2. The lowest BCUT2D eigenvalue weighted by molar-refractivity contribution is -0.149. The van der Waals surface area contributed by atoms with E-state index in [4.69, 9.17) is 16.3 Å². The van der Waals surface area contributed by atoms with Gasteiger partial charge in [-0.15, -0.1) is 0 Å². The number of halogens is 1. The number of thioether (sulfide) groups is 1. The Kier molecular flexibility index (Phi) is 6.20. The zero-order valence-corrected chi connectivity index (χ0v) is 20.7. The number of aryl methyl sites for hydroxylation is 1. The summed E-state index contributed by atoms with van der Waals surface area (Å²) in [4.78, 5) is 53.8. The number of aromatic nitrogens is 1. The number of amides is 2. The van der Waals surface area contributed by atoms with E-state index in [-0.39, 0.29) is 11.5 Å². The highest BCUT2D eigenvalue weighted by Gasteiger charge is 2.56. The summed E-state index contributed by atoms with van der Waals surface area (Å²) in [5.74, 6) is -3.59. The lowest BCUT2D eigenvalue weighted by Crippen LogP contribution is -2.36. The van der Waals surface area contributed by atoms with Crippen LogP contribution in [0.15, 0.2) is 52.3 Å². The summed E-state index contributed by atoms with van der Waals surface area (Å²) < 4.78 is 6.14. The minimum absolute atomic E-state index is 0.263. The van der Waals surface area contributed by atoms with Gasteiger partial charge in [0.2, 0.25) is 11.8 Å². The number of aromatic amines is 1. The van der Waals surface area contributed by atoms with E-state index in [1.54, 1.807) is 18.2 Å². The van der Waals surface area contributed by atoms with Crippen molar-refractivity contribution in [2.75, 3.05) is 6.54 Å². The van der Waals surface area contributed by atoms with E-state index in [1.807, 2.05) is 31.2 Å². The molecule has 2 aliphatic rings. The number of nitrogens with zero attached hydrogens (tertiary/aromatic N) is 1. The molecule has 3 atom stereocenters. The second-order valence-corrected chi connectivity index (χ2v) is 11.0. The van der Waals surface area contributed by atoms with Gasteiger partial charge in [-0.25, -0.2) is 0 Å².